The van der Waals surface area contributed by atoms with E-state index in [9.17, 15) is 23.1 Å². The SMILES string of the molecule is COc1ccc(CN[C@@H]2C[C@@H](C(=O)N3CCN(c4cccc(C(F)(F)F)c4)CC3)N(Cc3ccccc3)C2)cc1O. The molecule has 0 unspecified atom stereocenters. The number of carbonyl (C=O) groups excluding carboxylic acids is 1. The first-order valence-corrected chi connectivity index (χ1v) is 13.8. The number of piperazine rings is 1. The lowest BCUT2D eigenvalue weighted by molar-refractivity contribution is -0.137. The van der Waals surface area contributed by atoms with Crippen LogP contribution in [0.5, 0.6) is 11.5 Å². The molecule has 3 aromatic carbocycles. The van der Waals surface area contributed by atoms with Gasteiger partial charge in [-0.3, -0.25) is 9.69 Å². The third-order valence-corrected chi connectivity index (χ3v) is 7.89. The molecule has 1 amide bonds. The third kappa shape index (κ3) is 6.94. The van der Waals surface area contributed by atoms with Crippen molar-refractivity contribution in [3.05, 3.63) is 89.5 Å². The van der Waals surface area contributed by atoms with Gasteiger partial charge in [-0.05, 0) is 47.9 Å². The van der Waals surface area contributed by atoms with E-state index < -0.39 is 11.7 Å². The van der Waals surface area contributed by atoms with Crippen molar-refractivity contribution < 1.29 is 27.8 Å². The summed E-state index contributed by atoms with van der Waals surface area (Å²) >= 11 is 0. The Morgan fingerprint density at radius 3 is 2.41 bits per heavy atom. The van der Waals surface area contributed by atoms with Gasteiger partial charge in [-0.25, -0.2) is 0 Å². The van der Waals surface area contributed by atoms with Crippen LogP contribution >= 0.6 is 0 Å². The van der Waals surface area contributed by atoms with E-state index >= 15 is 0 Å². The molecule has 7 nitrogen and oxygen atoms in total. The van der Waals surface area contributed by atoms with Crippen molar-refractivity contribution in [3.63, 3.8) is 0 Å². The van der Waals surface area contributed by atoms with Crippen LogP contribution in [0.1, 0.15) is 23.1 Å². The van der Waals surface area contributed by atoms with Gasteiger partial charge in [0.25, 0.3) is 0 Å². The number of benzene rings is 3. The summed E-state index contributed by atoms with van der Waals surface area (Å²) in [6.07, 6.45) is -3.75. The summed E-state index contributed by atoms with van der Waals surface area (Å²) in [6, 6.07) is 20.5. The smallest absolute Gasteiger partial charge is 0.416 e. The van der Waals surface area contributed by atoms with E-state index in [2.05, 4.69) is 22.3 Å². The molecule has 2 N–H and O–H groups in total. The van der Waals surface area contributed by atoms with E-state index in [0.717, 1.165) is 17.2 Å². The molecule has 0 spiro atoms. The standard InChI is InChI=1S/C31H35F3N4O3/c1-41-29-11-10-23(16-28(29)39)19-35-25-18-27(38(21-25)20-22-6-3-2-4-7-22)30(40)37-14-12-36(13-15-37)26-9-5-8-24(17-26)31(32,33)34/h2-11,16-17,25,27,35,39H,12-15,18-21H2,1H3/t25-,27+/m1/s1. The van der Waals surface area contributed by atoms with Crippen molar-refractivity contribution >= 4 is 11.6 Å². The van der Waals surface area contributed by atoms with Crippen LogP contribution in [0.4, 0.5) is 18.9 Å². The van der Waals surface area contributed by atoms with Gasteiger partial charge in [0, 0.05) is 57.5 Å². The van der Waals surface area contributed by atoms with Gasteiger partial charge in [-0.1, -0.05) is 42.5 Å². The zero-order valence-electron chi connectivity index (χ0n) is 23.0. The number of anilines is 1. The summed E-state index contributed by atoms with van der Waals surface area (Å²) in [5, 5.41) is 13.7. The fourth-order valence-corrected chi connectivity index (χ4v) is 5.68. The van der Waals surface area contributed by atoms with Crippen LogP contribution < -0.4 is 15.0 Å². The number of nitrogens with one attached hydrogen (secondary N) is 1. The second kappa shape index (κ2) is 12.4. The number of halogens is 3. The third-order valence-electron chi connectivity index (χ3n) is 7.89. The number of aromatic hydroxyl groups is 1. The predicted molar refractivity (Wildman–Crippen MR) is 151 cm³/mol. The quantitative estimate of drug-likeness (QED) is 0.417. The number of methoxy groups -OCH3 is 1. The molecule has 2 aliphatic heterocycles. The van der Waals surface area contributed by atoms with Crippen LogP contribution in [0, 0.1) is 0 Å². The summed E-state index contributed by atoms with van der Waals surface area (Å²) < 4.78 is 44.7. The van der Waals surface area contributed by atoms with Crippen LogP contribution in [0.2, 0.25) is 0 Å². The lowest BCUT2D eigenvalue weighted by atomic mass is 10.1. The van der Waals surface area contributed by atoms with Gasteiger partial charge in [-0.2, -0.15) is 13.2 Å². The Balaban J connectivity index is 1.23. The summed E-state index contributed by atoms with van der Waals surface area (Å²) in [4.78, 5) is 19.8. The number of nitrogens with zero attached hydrogens (tertiary/aromatic N) is 3. The molecule has 2 fully saturated rings. The molecular weight excluding hydrogens is 533 g/mol. The lowest BCUT2D eigenvalue weighted by Gasteiger charge is -2.38. The predicted octanol–water partition coefficient (Wildman–Crippen LogP) is 4.50. The lowest BCUT2D eigenvalue weighted by Crippen LogP contribution is -2.53. The molecule has 2 heterocycles. The Kier molecular flexibility index (Phi) is 8.70. The molecule has 2 atom stereocenters. The zero-order chi connectivity index (χ0) is 29.0. The highest BCUT2D eigenvalue weighted by atomic mass is 19.4. The highest BCUT2D eigenvalue weighted by Crippen LogP contribution is 2.32. The molecule has 0 aromatic heterocycles. The van der Waals surface area contributed by atoms with E-state index in [1.165, 1.54) is 19.2 Å². The number of alkyl halides is 3. The Morgan fingerprint density at radius 2 is 1.73 bits per heavy atom. The molecule has 0 aliphatic carbocycles. The maximum absolute atomic E-state index is 13.8. The molecule has 2 aliphatic rings. The molecular formula is C31H35F3N4O3. The van der Waals surface area contributed by atoms with Gasteiger partial charge in [-0.15, -0.1) is 0 Å². The molecule has 0 bridgehead atoms. The monoisotopic (exact) mass is 568 g/mol. The van der Waals surface area contributed by atoms with Crippen molar-refractivity contribution in [2.45, 2.75) is 37.8 Å². The number of ether oxygens (including phenoxy) is 1. The summed E-state index contributed by atoms with van der Waals surface area (Å²) in [5.41, 5.74) is 1.89. The fourth-order valence-electron chi connectivity index (χ4n) is 5.68. The Morgan fingerprint density at radius 1 is 0.976 bits per heavy atom. The number of phenolic OH excluding ortho intramolecular Hbond substituents is 1. The van der Waals surface area contributed by atoms with Crippen LogP contribution in [-0.4, -0.2) is 72.7 Å². The van der Waals surface area contributed by atoms with Crippen molar-refractivity contribution in [1.82, 2.24) is 15.1 Å². The number of hydrogen-bond acceptors (Lipinski definition) is 6. The van der Waals surface area contributed by atoms with Gasteiger partial charge in [0.05, 0.1) is 18.7 Å². The summed E-state index contributed by atoms with van der Waals surface area (Å²) in [6.45, 7) is 3.72. The average molecular weight is 569 g/mol. The van der Waals surface area contributed by atoms with E-state index in [1.807, 2.05) is 34.1 Å². The molecule has 10 heteroatoms. The first-order valence-electron chi connectivity index (χ1n) is 13.8. The molecule has 218 valence electrons. The largest absolute Gasteiger partial charge is 0.504 e. The van der Waals surface area contributed by atoms with Crippen LogP contribution in [0.15, 0.2) is 72.8 Å². The van der Waals surface area contributed by atoms with E-state index in [4.69, 9.17) is 4.74 Å². The van der Waals surface area contributed by atoms with Crippen LogP contribution in [0.25, 0.3) is 0 Å². The molecule has 0 radical (unpaired) electrons. The van der Waals surface area contributed by atoms with E-state index in [1.54, 1.807) is 18.2 Å². The van der Waals surface area contributed by atoms with E-state index in [0.29, 0.717) is 63.7 Å². The number of hydrogen-bond donors (Lipinski definition) is 2. The van der Waals surface area contributed by atoms with Crippen molar-refractivity contribution in [1.29, 1.82) is 0 Å². The first-order chi connectivity index (χ1) is 19.7. The normalized spacial score (nSPS) is 19.9. The van der Waals surface area contributed by atoms with Crippen LogP contribution in [0.3, 0.4) is 0 Å². The average Bonchev–Trinajstić information content (AvgIpc) is 3.38. The molecule has 0 saturated carbocycles. The molecule has 3 aromatic rings. The maximum atomic E-state index is 13.8. The number of carbonyl (C=O) groups is 1. The minimum atomic E-state index is -4.39. The number of rotatable bonds is 8. The van der Waals surface area contributed by atoms with E-state index in [-0.39, 0.29) is 23.7 Å². The fraction of sp³-hybridized carbons (Fsp3) is 0.387. The maximum Gasteiger partial charge on any atom is 0.416 e. The minimum Gasteiger partial charge on any atom is -0.504 e. The molecule has 2 saturated heterocycles. The van der Waals surface area contributed by atoms with Gasteiger partial charge >= 0.3 is 6.18 Å². The first kappa shape index (κ1) is 28.8. The second-order valence-corrected chi connectivity index (χ2v) is 10.6. The Labute approximate surface area is 238 Å². The van der Waals surface area contributed by atoms with Crippen molar-refractivity contribution in [3.8, 4) is 11.5 Å². The van der Waals surface area contributed by atoms with Gasteiger partial charge in [0.2, 0.25) is 5.91 Å². The Hall–Kier alpha value is -3.76. The van der Waals surface area contributed by atoms with Gasteiger partial charge < -0.3 is 25.0 Å². The van der Waals surface area contributed by atoms with Crippen molar-refractivity contribution in [2.75, 3.05) is 44.7 Å². The minimum absolute atomic E-state index is 0.0519. The number of amides is 1. The molecule has 41 heavy (non-hydrogen) atoms. The second-order valence-electron chi connectivity index (χ2n) is 10.6. The highest BCUT2D eigenvalue weighted by molar-refractivity contribution is 5.82. The number of phenols is 1. The zero-order valence-corrected chi connectivity index (χ0v) is 23.0. The highest BCUT2D eigenvalue weighted by Gasteiger charge is 2.39. The summed E-state index contributed by atoms with van der Waals surface area (Å²) in [5.74, 6) is 0.555. The van der Waals surface area contributed by atoms with Crippen molar-refractivity contribution in [2.24, 2.45) is 0 Å². The van der Waals surface area contributed by atoms with Gasteiger partial charge in [0.15, 0.2) is 11.5 Å². The van der Waals surface area contributed by atoms with Gasteiger partial charge in [0.1, 0.15) is 0 Å². The number of likely N-dealkylation sites (tertiary alicyclic amines) is 1. The Bertz CT molecular complexity index is 1330. The molecule has 5 rings (SSSR count). The summed E-state index contributed by atoms with van der Waals surface area (Å²) in [7, 11) is 1.51. The van der Waals surface area contributed by atoms with Crippen LogP contribution in [-0.2, 0) is 24.1 Å². The topological polar surface area (TPSA) is 68.3 Å².